The molecule has 3 aromatic rings. The van der Waals surface area contributed by atoms with Gasteiger partial charge in [-0.05, 0) is 81.6 Å². The molecule has 0 saturated carbocycles. The summed E-state index contributed by atoms with van der Waals surface area (Å²) < 4.78 is 25.9. The lowest BCUT2D eigenvalue weighted by molar-refractivity contribution is 0.0825. The van der Waals surface area contributed by atoms with E-state index in [1.54, 1.807) is 0 Å². The van der Waals surface area contributed by atoms with Crippen LogP contribution < -0.4 is 20.3 Å². The molecule has 1 heterocycles. The Hall–Kier alpha value is -3.77. The number of carbonyl (C=O) groups is 2. The fraction of sp³-hybridized carbons (Fsp3) is 0.429. The van der Waals surface area contributed by atoms with Crippen LogP contribution in [0.4, 0.5) is 5.69 Å². The highest BCUT2D eigenvalue weighted by molar-refractivity contribution is 7.92. The molecule has 2 amide bonds. The van der Waals surface area contributed by atoms with Crippen molar-refractivity contribution in [3.05, 3.63) is 101 Å². The van der Waals surface area contributed by atoms with E-state index in [2.05, 4.69) is 27.9 Å². The summed E-state index contributed by atoms with van der Waals surface area (Å²) in [5.74, 6) is -0.479. The van der Waals surface area contributed by atoms with Crippen LogP contribution in [0, 0.1) is 5.92 Å². The van der Waals surface area contributed by atoms with Crippen LogP contribution in [0.5, 0.6) is 0 Å². The van der Waals surface area contributed by atoms with Crippen molar-refractivity contribution in [1.82, 2.24) is 20.9 Å². The second kappa shape index (κ2) is 16.2. The summed E-state index contributed by atoms with van der Waals surface area (Å²) in [4.78, 5) is 29.5. The van der Waals surface area contributed by atoms with Crippen LogP contribution in [0.15, 0.2) is 78.9 Å². The highest BCUT2D eigenvalue weighted by atomic mass is 32.2. The third-order valence-electron chi connectivity index (χ3n) is 8.54. The van der Waals surface area contributed by atoms with Crippen molar-refractivity contribution in [2.45, 2.75) is 44.4 Å². The van der Waals surface area contributed by atoms with E-state index in [0.717, 1.165) is 54.2 Å². The molecule has 1 saturated heterocycles. The lowest BCUT2D eigenvalue weighted by Crippen LogP contribution is -2.49. The molecule has 4 rings (SSSR count). The summed E-state index contributed by atoms with van der Waals surface area (Å²) >= 11 is 0. The van der Waals surface area contributed by atoms with Crippen LogP contribution in [0.2, 0.25) is 0 Å². The number of nitrogens with one attached hydrogen (secondary N) is 3. The van der Waals surface area contributed by atoms with Gasteiger partial charge < -0.3 is 26.0 Å². The van der Waals surface area contributed by atoms with Gasteiger partial charge in [0.25, 0.3) is 11.8 Å². The van der Waals surface area contributed by atoms with Gasteiger partial charge in [-0.15, -0.1) is 0 Å². The van der Waals surface area contributed by atoms with E-state index in [4.69, 9.17) is 0 Å². The molecule has 1 aliphatic heterocycles. The monoisotopic (exact) mass is 649 g/mol. The third-order valence-corrected chi connectivity index (χ3v) is 9.74. The molecule has 11 heteroatoms. The first-order chi connectivity index (χ1) is 21.9. The summed E-state index contributed by atoms with van der Waals surface area (Å²) in [5, 5.41) is 20.6. The molecule has 248 valence electrons. The number of likely N-dealkylation sites (tertiary alicyclic amines) is 1. The quantitative estimate of drug-likeness (QED) is 0.211. The zero-order valence-electron chi connectivity index (χ0n) is 27.1. The Morgan fingerprint density at radius 2 is 1.59 bits per heavy atom. The Labute approximate surface area is 273 Å². The van der Waals surface area contributed by atoms with Crippen molar-refractivity contribution in [2.75, 3.05) is 50.8 Å². The Bertz CT molecular complexity index is 1550. The third kappa shape index (κ3) is 10.1. The van der Waals surface area contributed by atoms with Crippen LogP contribution in [-0.4, -0.2) is 88.9 Å². The molecule has 4 N–H and O–H groups in total. The molecule has 0 spiro atoms. The molecule has 0 aliphatic carbocycles. The van der Waals surface area contributed by atoms with Gasteiger partial charge in [0.05, 0.1) is 30.1 Å². The predicted octanol–water partition coefficient (Wildman–Crippen LogP) is 3.21. The van der Waals surface area contributed by atoms with Gasteiger partial charge in [-0.25, -0.2) is 8.42 Å². The van der Waals surface area contributed by atoms with E-state index in [1.165, 1.54) is 25.2 Å². The topological polar surface area (TPSA) is 131 Å². The maximum absolute atomic E-state index is 13.8. The Kier molecular flexibility index (Phi) is 12.3. The van der Waals surface area contributed by atoms with E-state index >= 15 is 0 Å². The summed E-state index contributed by atoms with van der Waals surface area (Å²) in [6, 6.07) is 22.4. The molecule has 4 atom stereocenters. The highest BCUT2D eigenvalue weighted by Gasteiger charge is 2.26. The van der Waals surface area contributed by atoms with Crippen molar-refractivity contribution in [1.29, 1.82) is 0 Å². The van der Waals surface area contributed by atoms with Gasteiger partial charge in [0, 0.05) is 31.3 Å². The standard InChI is InChI=1S/C35H47N5O5S/c1-25(28-15-9-6-10-16-28)37-34(42)29-19-30(21-31(20-29)40(3)46(4,44)45)35(43)38-32(18-26-12-7-5-8-13-26)33(41)23-36-22-27-14-11-17-39(2)24-27/h5-10,12-13,15-16,19-21,25,27,32-33,36,41H,11,14,17-18,22-24H2,1-4H3,(H,37,42)(H,38,43)/t25-,27?,32+,33-/m1/s1. The minimum atomic E-state index is -3.69. The molecule has 1 aliphatic rings. The summed E-state index contributed by atoms with van der Waals surface area (Å²) in [6.45, 7) is 5.02. The number of benzene rings is 3. The average Bonchev–Trinajstić information content (AvgIpc) is 3.04. The number of aliphatic hydroxyl groups is 1. The number of hydrogen-bond acceptors (Lipinski definition) is 7. The number of hydrogen-bond donors (Lipinski definition) is 4. The van der Waals surface area contributed by atoms with Crippen molar-refractivity contribution < 1.29 is 23.1 Å². The minimum Gasteiger partial charge on any atom is -0.390 e. The zero-order chi connectivity index (χ0) is 33.3. The van der Waals surface area contributed by atoms with Gasteiger partial charge >= 0.3 is 0 Å². The number of amides is 2. The fourth-order valence-electron chi connectivity index (χ4n) is 5.77. The number of nitrogens with zero attached hydrogens (tertiary/aromatic N) is 2. The first-order valence-electron chi connectivity index (χ1n) is 15.8. The molecule has 46 heavy (non-hydrogen) atoms. The molecule has 0 aromatic heterocycles. The van der Waals surface area contributed by atoms with Gasteiger partial charge in [-0.3, -0.25) is 13.9 Å². The Morgan fingerprint density at radius 1 is 0.978 bits per heavy atom. The van der Waals surface area contributed by atoms with Crippen molar-refractivity contribution >= 4 is 27.5 Å². The first kappa shape index (κ1) is 35.1. The van der Waals surface area contributed by atoms with Crippen molar-refractivity contribution in [3.8, 4) is 0 Å². The molecule has 3 aromatic carbocycles. The molecule has 1 unspecified atom stereocenters. The molecule has 1 fully saturated rings. The molecule has 0 bridgehead atoms. The van der Waals surface area contributed by atoms with E-state index in [0.29, 0.717) is 18.9 Å². The van der Waals surface area contributed by atoms with E-state index in [-0.39, 0.29) is 22.9 Å². The average molecular weight is 650 g/mol. The normalized spacial score (nSPS) is 17.5. The second-order valence-corrected chi connectivity index (χ2v) is 14.4. The lowest BCUT2D eigenvalue weighted by atomic mass is 9.97. The smallest absolute Gasteiger partial charge is 0.251 e. The Morgan fingerprint density at radius 3 is 2.20 bits per heavy atom. The largest absolute Gasteiger partial charge is 0.390 e. The van der Waals surface area contributed by atoms with E-state index in [1.807, 2.05) is 67.6 Å². The number of anilines is 1. The maximum Gasteiger partial charge on any atom is 0.251 e. The molecular weight excluding hydrogens is 602 g/mol. The van der Waals surface area contributed by atoms with Crippen LogP contribution >= 0.6 is 0 Å². The van der Waals surface area contributed by atoms with Gasteiger partial charge in [0.2, 0.25) is 10.0 Å². The van der Waals surface area contributed by atoms with E-state index < -0.39 is 34.0 Å². The maximum atomic E-state index is 13.8. The van der Waals surface area contributed by atoms with E-state index in [9.17, 15) is 23.1 Å². The van der Waals surface area contributed by atoms with Crippen molar-refractivity contribution in [2.24, 2.45) is 5.92 Å². The number of carbonyl (C=O) groups excluding carboxylic acids is 2. The molecule has 0 radical (unpaired) electrons. The van der Waals surface area contributed by atoms with Gasteiger partial charge in [-0.1, -0.05) is 60.7 Å². The Balaban J connectivity index is 1.55. The number of rotatable bonds is 14. The van der Waals surface area contributed by atoms with Crippen LogP contribution in [0.25, 0.3) is 0 Å². The molecular formula is C35H47N5O5S. The summed E-state index contributed by atoms with van der Waals surface area (Å²) in [7, 11) is -0.196. The zero-order valence-corrected chi connectivity index (χ0v) is 28.0. The lowest BCUT2D eigenvalue weighted by Gasteiger charge is -2.30. The number of sulfonamides is 1. The number of aliphatic hydroxyl groups excluding tert-OH is 1. The predicted molar refractivity (Wildman–Crippen MR) is 183 cm³/mol. The summed E-state index contributed by atoms with van der Waals surface area (Å²) in [5.41, 5.74) is 2.27. The van der Waals surface area contributed by atoms with Gasteiger partial charge in [0.1, 0.15) is 0 Å². The van der Waals surface area contributed by atoms with Crippen LogP contribution in [0.3, 0.4) is 0 Å². The summed E-state index contributed by atoms with van der Waals surface area (Å²) in [6.07, 6.45) is 2.82. The first-order valence-corrected chi connectivity index (χ1v) is 17.6. The van der Waals surface area contributed by atoms with Gasteiger partial charge in [-0.2, -0.15) is 0 Å². The van der Waals surface area contributed by atoms with Crippen LogP contribution in [-0.2, 0) is 16.4 Å². The fourth-order valence-corrected chi connectivity index (χ4v) is 6.26. The SMILES string of the molecule is C[C@@H](NC(=O)c1cc(C(=O)N[C@@H](Cc2ccccc2)[C@H](O)CNCC2CCCN(C)C2)cc(N(C)S(C)(=O)=O)c1)c1ccccc1. The van der Waals surface area contributed by atoms with Gasteiger partial charge in [0.15, 0.2) is 0 Å². The second-order valence-electron chi connectivity index (χ2n) is 12.4. The number of piperidine rings is 1. The van der Waals surface area contributed by atoms with Crippen LogP contribution in [0.1, 0.15) is 57.7 Å². The van der Waals surface area contributed by atoms with Crippen molar-refractivity contribution in [3.63, 3.8) is 0 Å². The minimum absolute atomic E-state index is 0.106. The highest BCUT2D eigenvalue weighted by Crippen LogP contribution is 2.22. The molecule has 10 nitrogen and oxygen atoms in total.